The standard InChI is InChI=1S/C23H24N4O5/c1-3-32-23(31)18-10-16(11-24)20(25-14(18)2)27-12-17(13-27)21(28)26-19(22(29)30)9-15-7-5-4-6-8-15/h4-8,10,17,19H,3,9,12-13H2,1-2H3,(H,26,28)(H,29,30)/t19-/m0/s1. The molecule has 9 heteroatoms. The molecule has 1 aliphatic rings. The number of carboxylic acid groups (broad SMARTS) is 1. The first-order valence-corrected chi connectivity index (χ1v) is 10.2. The summed E-state index contributed by atoms with van der Waals surface area (Å²) in [7, 11) is 0. The van der Waals surface area contributed by atoms with Crippen LogP contribution < -0.4 is 10.2 Å². The van der Waals surface area contributed by atoms with Gasteiger partial charge in [-0.1, -0.05) is 30.3 Å². The van der Waals surface area contributed by atoms with Gasteiger partial charge in [-0.05, 0) is 25.5 Å². The summed E-state index contributed by atoms with van der Waals surface area (Å²) in [5.74, 6) is -2.04. The highest BCUT2D eigenvalue weighted by Crippen LogP contribution is 2.28. The van der Waals surface area contributed by atoms with Gasteiger partial charge in [-0.3, -0.25) is 4.79 Å². The third-order valence-electron chi connectivity index (χ3n) is 5.26. The minimum atomic E-state index is -1.10. The molecule has 0 saturated carbocycles. The fraction of sp³-hybridized carbons (Fsp3) is 0.348. The first-order chi connectivity index (χ1) is 15.3. The number of hydrogen-bond donors (Lipinski definition) is 2. The van der Waals surface area contributed by atoms with Crippen molar-refractivity contribution < 1.29 is 24.2 Å². The molecule has 1 aromatic heterocycles. The quantitative estimate of drug-likeness (QED) is 0.598. The zero-order valence-corrected chi connectivity index (χ0v) is 17.9. The van der Waals surface area contributed by atoms with E-state index in [9.17, 15) is 24.8 Å². The molecule has 2 N–H and O–H groups in total. The number of carboxylic acids is 1. The van der Waals surface area contributed by atoms with Crippen LogP contribution in [0.5, 0.6) is 0 Å². The van der Waals surface area contributed by atoms with Crippen molar-refractivity contribution in [3.63, 3.8) is 0 Å². The number of nitrogens with one attached hydrogen (secondary N) is 1. The minimum absolute atomic E-state index is 0.188. The molecule has 0 spiro atoms. The van der Waals surface area contributed by atoms with Crippen LogP contribution >= 0.6 is 0 Å². The molecule has 32 heavy (non-hydrogen) atoms. The minimum Gasteiger partial charge on any atom is -0.480 e. The zero-order valence-electron chi connectivity index (χ0n) is 17.9. The van der Waals surface area contributed by atoms with E-state index in [0.29, 0.717) is 24.6 Å². The summed E-state index contributed by atoms with van der Waals surface area (Å²) < 4.78 is 4.99. The molecule has 1 aliphatic heterocycles. The summed E-state index contributed by atoms with van der Waals surface area (Å²) >= 11 is 0. The van der Waals surface area contributed by atoms with Gasteiger partial charge in [0.15, 0.2) is 0 Å². The number of carbonyl (C=O) groups excluding carboxylic acids is 2. The summed E-state index contributed by atoms with van der Waals surface area (Å²) in [5, 5.41) is 21.6. The molecule has 2 aromatic rings. The number of ether oxygens (including phenoxy) is 1. The van der Waals surface area contributed by atoms with Crippen molar-refractivity contribution >= 4 is 23.7 Å². The molecule has 1 aromatic carbocycles. The molecule has 3 rings (SSSR count). The topological polar surface area (TPSA) is 133 Å². The van der Waals surface area contributed by atoms with E-state index in [2.05, 4.69) is 10.3 Å². The maximum absolute atomic E-state index is 12.6. The maximum atomic E-state index is 12.6. The van der Waals surface area contributed by atoms with Crippen molar-refractivity contribution in [2.75, 3.05) is 24.6 Å². The number of aromatic nitrogens is 1. The Labute approximate surface area is 185 Å². The van der Waals surface area contributed by atoms with Crippen LogP contribution in [0.3, 0.4) is 0 Å². The van der Waals surface area contributed by atoms with Gasteiger partial charge >= 0.3 is 11.9 Å². The lowest BCUT2D eigenvalue weighted by atomic mass is 9.96. The van der Waals surface area contributed by atoms with E-state index in [1.54, 1.807) is 18.7 Å². The summed E-state index contributed by atoms with van der Waals surface area (Å²) in [4.78, 5) is 42.4. The Morgan fingerprint density at radius 1 is 1.31 bits per heavy atom. The Morgan fingerprint density at radius 2 is 2.00 bits per heavy atom. The molecule has 1 amide bonds. The number of esters is 1. The predicted octanol–water partition coefficient (Wildman–Crippen LogP) is 1.69. The molecule has 0 radical (unpaired) electrons. The van der Waals surface area contributed by atoms with Crippen molar-refractivity contribution in [2.45, 2.75) is 26.3 Å². The molecule has 1 atom stereocenters. The van der Waals surface area contributed by atoms with Gasteiger partial charge in [-0.25, -0.2) is 14.6 Å². The highest BCUT2D eigenvalue weighted by atomic mass is 16.5. The van der Waals surface area contributed by atoms with E-state index in [4.69, 9.17) is 4.74 Å². The summed E-state index contributed by atoms with van der Waals surface area (Å²) in [5.41, 5.74) is 1.69. The van der Waals surface area contributed by atoms with Crippen molar-refractivity contribution in [3.05, 3.63) is 58.8 Å². The Morgan fingerprint density at radius 3 is 2.59 bits per heavy atom. The SMILES string of the molecule is CCOC(=O)c1cc(C#N)c(N2CC(C(=O)N[C@@H](Cc3ccccc3)C(=O)O)C2)nc1C. The number of nitrogens with zero attached hydrogens (tertiary/aromatic N) is 3. The Kier molecular flexibility index (Phi) is 7.05. The second-order valence-electron chi connectivity index (χ2n) is 7.52. The van der Waals surface area contributed by atoms with Gasteiger partial charge in [0.1, 0.15) is 17.9 Å². The van der Waals surface area contributed by atoms with Crippen LogP contribution in [0.1, 0.15) is 34.1 Å². The van der Waals surface area contributed by atoms with E-state index in [0.717, 1.165) is 5.56 Å². The van der Waals surface area contributed by atoms with Gasteiger partial charge in [0.25, 0.3) is 0 Å². The number of aliphatic carboxylic acids is 1. The number of rotatable bonds is 8. The van der Waals surface area contributed by atoms with Crippen molar-refractivity contribution in [1.29, 1.82) is 5.26 Å². The first-order valence-electron chi connectivity index (χ1n) is 10.2. The van der Waals surface area contributed by atoms with Crippen LogP contribution in [0.2, 0.25) is 0 Å². The average Bonchev–Trinajstić information content (AvgIpc) is 2.73. The van der Waals surface area contributed by atoms with Gasteiger partial charge in [-0.15, -0.1) is 0 Å². The molecule has 0 bridgehead atoms. The molecular formula is C23H24N4O5. The number of nitriles is 1. The summed E-state index contributed by atoms with van der Waals surface area (Å²) in [6.07, 6.45) is 0.188. The van der Waals surface area contributed by atoms with Gasteiger partial charge < -0.3 is 20.1 Å². The lowest BCUT2D eigenvalue weighted by Crippen LogP contribution is -2.57. The number of aryl methyl sites for hydroxylation is 1. The first kappa shape index (κ1) is 22.7. The van der Waals surface area contributed by atoms with Gasteiger partial charge in [0.2, 0.25) is 5.91 Å². The average molecular weight is 436 g/mol. The molecule has 166 valence electrons. The van der Waals surface area contributed by atoms with E-state index in [1.807, 2.05) is 36.4 Å². The summed E-state index contributed by atoms with van der Waals surface area (Å²) in [6.45, 7) is 4.15. The fourth-order valence-corrected chi connectivity index (χ4v) is 3.49. The number of amides is 1. The van der Waals surface area contributed by atoms with E-state index in [-0.39, 0.29) is 30.1 Å². The van der Waals surface area contributed by atoms with Crippen LogP contribution in [0, 0.1) is 24.2 Å². The van der Waals surface area contributed by atoms with Gasteiger partial charge in [0, 0.05) is 19.5 Å². The fourth-order valence-electron chi connectivity index (χ4n) is 3.49. The van der Waals surface area contributed by atoms with Crippen molar-refractivity contribution in [3.8, 4) is 6.07 Å². The van der Waals surface area contributed by atoms with E-state index in [1.165, 1.54) is 6.07 Å². The molecule has 1 saturated heterocycles. The maximum Gasteiger partial charge on any atom is 0.340 e. The monoisotopic (exact) mass is 436 g/mol. The van der Waals surface area contributed by atoms with Gasteiger partial charge in [0.05, 0.1) is 29.3 Å². The molecule has 0 aliphatic carbocycles. The van der Waals surface area contributed by atoms with Crippen LogP contribution in [-0.2, 0) is 20.7 Å². The third-order valence-corrected chi connectivity index (χ3v) is 5.26. The smallest absolute Gasteiger partial charge is 0.340 e. The lowest BCUT2D eigenvalue weighted by molar-refractivity contribution is -0.142. The van der Waals surface area contributed by atoms with E-state index >= 15 is 0 Å². The highest BCUT2D eigenvalue weighted by molar-refractivity contribution is 5.92. The summed E-state index contributed by atoms with van der Waals surface area (Å²) in [6, 6.07) is 11.5. The second kappa shape index (κ2) is 9.92. The van der Waals surface area contributed by atoms with Crippen LogP contribution in [0.25, 0.3) is 0 Å². The predicted molar refractivity (Wildman–Crippen MR) is 115 cm³/mol. The number of benzene rings is 1. The van der Waals surface area contributed by atoms with Crippen LogP contribution in [0.4, 0.5) is 5.82 Å². The Balaban J connectivity index is 1.65. The molecule has 0 unspecified atom stereocenters. The van der Waals surface area contributed by atoms with Gasteiger partial charge in [-0.2, -0.15) is 5.26 Å². The zero-order chi connectivity index (χ0) is 23.3. The molecule has 9 nitrogen and oxygen atoms in total. The molecule has 1 fully saturated rings. The number of carbonyl (C=O) groups is 3. The van der Waals surface area contributed by atoms with Crippen molar-refractivity contribution in [2.24, 2.45) is 5.92 Å². The molecular weight excluding hydrogens is 412 g/mol. The Bertz CT molecular complexity index is 1060. The van der Waals surface area contributed by atoms with Crippen LogP contribution in [0.15, 0.2) is 36.4 Å². The third kappa shape index (κ3) is 5.03. The molecule has 2 heterocycles. The second-order valence-corrected chi connectivity index (χ2v) is 7.52. The normalized spacial score (nSPS) is 14.1. The number of hydrogen-bond acceptors (Lipinski definition) is 7. The van der Waals surface area contributed by atoms with Crippen molar-refractivity contribution in [1.82, 2.24) is 10.3 Å². The lowest BCUT2D eigenvalue weighted by Gasteiger charge is -2.40. The highest BCUT2D eigenvalue weighted by Gasteiger charge is 2.36. The number of anilines is 1. The Hall–Kier alpha value is -3.93. The largest absolute Gasteiger partial charge is 0.480 e. The van der Waals surface area contributed by atoms with E-state index < -0.39 is 23.9 Å². The number of pyridine rings is 1. The van der Waals surface area contributed by atoms with Crippen LogP contribution in [-0.4, -0.2) is 53.7 Å².